The van der Waals surface area contributed by atoms with Crippen molar-refractivity contribution in [3.8, 4) is 22.8 Å². The molecule has 0 aliphatic rings. The predicted octanol–water partition coefficient (Wildman–Crippen LogP) is 5.32. The lowest BCUT2D eigenvalue weighted by Gasteiger charge is -2.19. The molecule has 0 radical (unpaired) electrons. The van der Waals surface area contributed by atoms with Crippen LogP contribution in [-0.2, 0) is 6.61 Å². The average Bonchev–Trinajstić information content (AvgIpc) is 3.24. The Balaban J connectivity index is 1.77. The molecule has 1 unspecified atom stereocenters. The third kappa shape index (κ3) is 4.21. The highest BCUT2D eigenvalue weighted by Crippen LogP contribution is 2.40. The van der Waals surface area contributed by atoms with Crippen molar-refractivity contribution < 1.29 is 19.1 Å². The lowest BCUT2D eigenvalue weighted by molar-refractivity contribution is 0.219. The second kappa shape index (κ2) is 8.84. The molecule has 0 amide bonds. The maximum Gasteiger partial charge on any atom is 0.167 e. The summed E-state index contributed by atoms with van der Waals surface area (Å²) in [5, 5.41) is 15.1. The number of aliphatic hydroxyl groups excluding tert-OH is 1. The highest BCUT2D eigenvalue weighted by molar-refractivity contribution is 5.69. The maximum absolute atomic E-state index is 11.1. The van der Waals surface area contributed by atoms with E-state index in [1.807, 2.05) is 79.7 Å². The first kappa shape index (κ1) is 19.7. The van der Waals surface area contributed by atoms with Crippen LogP contribution in [0.25, 0.3) is 11.3 Å². The molecule has 4 rings (SSSR count). The second-order valence-electron chi connectivity index (χ2n) is 7.01. The number of methoxy groups -OCH3 is 1. The maximum atomic E-state index is 11.1. The van der Waals surface area contributed by atoms with Gasteiger partial charge in [0.1, 0.15) is 12.7 Å². The summed E-state index contributed by atoms with van der Waals surface area (Å²) in [6.07, 6.45) is -0.858. The standard InChI is InChI=1S/C25H23NO4/c1-17-13-22(30-26-17)20-14-24(29-16-18-9-5-3-6-10-18)23(28-2)15-21(20)25(27)19-11-7-4-8-12-19/h3-15,25,27H,16H2,1-2H3. The molecule has 4 aromatic rings. The third-order valence-electron chi connectivity index (χ3n) is 4.88. The first-order valence-electron chi connectivity index (χ1n) is 9.71. The van der Waals surface area contributed by atoms with Crippen LogP contribution in [0.4, 0.5) is 0 Å². The van der Waals surface area contributed by atoms with Crippen molar-refractivity contribution in [2.75, 3.05) is 7.11 Å². The molecule has 0 aliphatic heterocycles. The van der Waals surface area contributed by atoms with Crippen LogP contribution in [0.5, 0.6) is 11.5 Å². The topological polar surface area (TPSA) is 64.7 Å². The molecule has 0 saturated heterocycles. The fourth-order valence-corrected chi connectivity index (χ4v) is 3.33. The van der Waals surface area contributed by atoms with E-state index in [0.717, 1.165) is 16.8 Å². The lowest BCUT2D eigenvalue weighted by Crippen LogP contribution is -2.04. The van der Waals surface area contributed by atoms with Crippen molar-refractivity contribution in [2.24, 2.45) is 0 Å². The van der Waals surface area contributed by atoms with Crippen molar-refractivity contribution in [3.63, 3.8) is 0 Å². The Morgan fingerprint density at radius 3 is 2.27 bits per heavy atom. The lowest BCUT2D eigenvalue weighted by atomic mass is 9.94. The molecule has 30 heavy (non-hydrogen) atoms. The molecular formula is C25H23NO4. The van der Waals surface area contributed by atoms with E-state index in [4.69, 9.17) is 14.0 Å². The van der Waals surface area contributed by atoms with Crippen molar-refractivity contribution in [1.29, 1.82) is 0 Å². The van der Waals surface area contributed by atoms with Gasteiger partial charge in [-0.25, -0.2) is 0 Å². The molecular weight excluding hydrogens is 378 g/mol. The Morgan fingerprint density at radius 1 is 0.933 bits per heavy atom. The molecule has 0 aliphatic carbocycles. The number of aryl methyl sites for hydroxylation is 1. The van der Waals surface area contributed by atoms with Crippen LogP contribution in [0.15, 0.2) is 83.4 Å². The molecule has 1 N–H and O–H groups in total. The molecule has 152 valence electrons. The van der Waals surface area contributed by atoms with Crippen LogP contribution in [-0.4, -0.2) is 17.4 Å². The van der Waals surface area contributed by atoms with E-state index < -0.39 is 6.10 Å². The fraction of sp³-hybridized carbons (Fsp3) is 0.160. The van der Waals surface area contributed by atoms with Gasteiger partial charge in [0, 0.05) is 11.6 Å². The number of aliphatic hydroxyl groups is 1. The van der Waals surface area contributed by atoms with Crippen LogP contribution in [0.1, 0.15) is 28.5 Å². The fourth-order valence-electron chi connectivity index (χ4n) is 3.33. The summed E-state index contributed by atoms with van der Waals surface area (Å²) in [5.41, 5.74) is 3.94. The number of hydrogen-bond acceptors (Lipinski definition) is 5. The second-order valence-corrected chi connectivity index (χ2v) is 7.01. The van der Waals surface area contributed by atoms with Gasteiger partial charge < -0.3 is 19.1 Å². The predicted molar refractivity (Wildman–Crippen MR) is 115 cm³/mol. The monoisotopic (exact) mass is 401 g/mol. The summed E-state index contributed by atoms with van der Waals surface area (Å²) in [6, 6.07) is 24.8. The SMILES string of the molecule is COc1cc(C(O)c2ccccc2)c(-c2cc(C)no2)cc1OCc1ccccc1. The molecule has 0 spiro atoms. The van der Waals surface area contributed by atoms with Gasteiger partial charge >= 0.3 is 0 Å². The number of aromatic nitrogens is 1. The molecule has 5 heteroatoms. The van der Waals surface area contributed by atoms with Gasteiger partial charge in [-0.2, -0.15) is 0 Å². The summed E-state index contributed by atoms with van der Waals surface area (Å²) in [7, 11) is 1.58. The molecule has 5 nitrogen and oxygen atoms in total. The van der Waals surface area contributed by atoms with Crippen LogP contribution >= 0.6 is 0 Å². The zero-order chi connectivity index (χ0) is 20.9. The molecule has 0 fully saturated rings. The number of benzene rings is 3. The Kier molecular flexibility index (Phi) is 5.82. The Labute approximate surface area is 175 Å². The minimum absolute atomic E-state index is 0.395. The minimum Gasteiger partial charge on any atom is -0.493 e. The van der Waals surface area contributed by atoms with Crippen LogP contribution in [0, 0.1) is 6.92 Å². The van der Waals surface area contributed by atoms with Gasteiger partial charge in [-0.1, -0.05) is 65.8 Å². The van der Waals surface area contributed by atoms with E-state index >= 15 is 0 Å². The summed E-state index contributed by atoms with van der Waals surface area (Å²) >= 11 is 0. The van der Waals surface area contributed by atoms with Crippen LogP contribution in [0.3, 0.4) is 0 Å². The first-order chi connectivity index (χ1) is 14.7. The van der Waals surface area contributed by atoms with Crippen LogP contribution < -0.4 is 9.47 Å². The number of ether oxygens (including phenoxy) is 2. The highest BCUT2D eigenvalue weighted by Gasteiger charge is 2.22. The number of hydrogen-bond donors (Lipinski definition) is 1. The number of nitrogens with zero attached hydrogens (tertiary/aromatic N) is 1. The van der Waals surface area contributed by atoms with Crippen LogP contribution in [0.2, 0.25) is 0 Å². The van der Waals surface area contributed by atoms with Gasteiger partial charge in [-0.15, -0.1) is 0 Å². The Bertz CT molecular complexity index is 1110. The van der Waals surface area contributed by atoms with Gasteiger partial charge in [-0.3, -0.25) is 0 Å². The van der Waals surface area contributed by atoms with E-state index in [1.165, 1.54) is 0 Å². The molecule has 0 saturated carbocycles. The van der Waals surface area contributed by atoms with Gasteiger partial charge in [0.2, 0.25) is 0 Å². The van der Waals surface area contributed by atoms with E-state index in [-0.39, 0.29) is 0 Å². The van der Waals surface area contributed by atoms with E-state index in [0.29, 0.717) is 35.0 Å². The van der Waals surface area contributed by atoms with Gasteiger partial charge in [0.15, 0.2) is 17.3 Å². The van der Waals surface area contributed by atoms with E-state index in [9.17, 15) is 5.11 Å². The Hall–Kier alpha value is -3.57. The zero-order valence-electron chi connectivity index (χ0n) is 16.9. The highest BCUT2D eigenvalue weighted by atomic mass is 16.5. The molecule has 1 aromatic heterocycles. The summed E-state index contributed by atoms with van der Waals surface area (Å²) < 4.78 is 17.1. The van der Waals surface area contributed by atoms with Crippen molar-refractivity contribution in [3.05, 3.63) is 101 Å². The molecule has 1 atom stereocenters. The average molecular weight is 401 g/mol. The van der Waals surface area contributed by atoms with E-state index in [2.05, 4.69) is 5.16 Å². The van der Waals surface area contributed by atoms with Crippen molar-refractivity contribution in [2.45, 2.75) is 19.6 Å². The Morgan fingerprint density at radius 2 is 1.63 bits per heavy atom. The summed E-state index contributed by atoms with van der Waals surface area (Å²) in [6.45, 7) is 2.25. The zero-order valence-corrected chi connectivity index (χ0v) is 16.9. The normalized spacial score (nSPS) is 11.8. The van der Waals surface area contributed by atoms with Gasteiger partial charge in [-0.05, 0) is 35.7 Å². The van der Waals surface area contributed by atoms with Gasteiger partial charge in [0.05, 0.1) is 12.8 Å². The quantitative estimate of drug-likeness (QED) is 0.454. The number of rotatable bonds is 7. The third-order valence-corrected chi connectivity index (χ3v) is 4.88. The molecule has 1 heterocycles. The largest absolute Gasteiger partial charge is 0.493 e. The van der Waals surface area contributed by atoms with E-state index in [1.54, 1.807) is 13.2 Å². The smallest absolute Gasteiger partial charge is 0.167 e. The summed E-state index contributed by atoms with van der Waals surface area (Å²) in [5.74, 6) is 1.66. The van der Waals surface area contributed by atoms with Gasteiger partial charge in [0.25, 0.3) is 0 Å². The minimum atomic E-state index is -0.858. The first-order valence-corrected chi connectivity index (χ1v) is 9.71. The van der Waals surface area contributed by atoms with Crippen molar-refractivity contribution >= 4 is 0 Å². The molecule has 3 aromatic carbocycles. The molecule has 0 bridgehead atoms. The van der Waals surface area contributed by atoms with Crippen molar-refractivity contribution in [1.82, 2.24) is 5.16 Å². The summed E-state index contributed by atoms with van der Waals surface area (Å²) in [4.78, 5) is 0.